The number of hydrogen-bond donors (Lipinski definition) is 1. The lowest BCUT2D eigenvalue weighted by Gasteiger charge is -2.19. The molecule has 6 heteroatoms. The Balaban J connectivity index is 1.73. The highest BCUT2D eigenvalue weighted by atomic mass is 16.2. The molecular weight excluding hydrogens is 280 g/mol. The third-order valence-electron chi connectivity index (χ3n) is 3.84. The molecule has 1 aliphatic heterocycles. The Kier molecular flexibility index (Phi) is 5.89. The molecule has 0 bridgehead atoms. The minimum absolute atomic E-state index is 0.0235. The molecule has 1 fully saturated rings. The minimum Gasteiger partial charge on any atom is -0.355 e. The molecular formula is C16H24N4O2. The zero-order chi connectivity index (χ0) is 15.9. The van der Waals surface area contributed by atoms with Crippen molar-refractivity contribution in [2.24, 2.45) is 5.92 Å². The third-order valence-corrected chi connectivity index (χ3v) is 3.84. The van der Waals surface area contributed by atoms with Crippen molar-refractivity contribution in [2.75, 3.05) is 40.3 Å². The lowest BCUT2D eigenvalue weighted by atomic mass is 10.1. The molecule has 0 aromatic carbocycles. The number of nitrogens with zero attached hydrogens (tertiary/aromatic N) is 3. The molecule has 22 heavy (non-hydrogen) atoms. The van der Waals surface area contributed by atoms with Crippen LogP contribution in [0, 0.1) is 5.92 Å². The highest BCUT2D eigenvalue weighted by Crippen LogP contribution is 2.17. The van der Waals surface area contributed by atoms with E-state index in [1.807, 2.05) is 31.1 Å². The molecule has 0 saturated carbocycles. The summed E-state index contributed by atoms with van der Waals surface area (Å²) < 4.78 is 0. The van der Waals surface area contributed by atoms with E-state index in [0.717, 1.165) is 18.5 Å². The van der Waals surface area contributed by atoms with Crippen LogP contribution in [0.15, 0.2) is 24.5 Å². The van der Waals surface area contributed by atoms with Gasteiger partial charge in [0, 0.05) is 45.0 Å². The number of nitrogens with one attached hydrogen (secondary N) is 1. The van der Waals surface area contributed by atoms with Crippen LogP contribution in [0.1, 0.15) is 12.0 Å². The van der Waals surface area contributed by atoms with Crippen molar-refractivity contribution in [1.82, 2.24) is 20.1 Å². The van der Waals surface area contributed by atoms with Crippen LogP contribution >= 0.6 is 0 Å². The fraction of sp³-hybridized carbons (Fsp3) is 0.562. The van der Waals surface area contributed by atoms with Gasteiger partial charge in [-0.05, 0) is 32.1 Å². The average Bonchev–Trinajstić information content (AvgIpc) is 2.87. The number of likely N-dealkylation sites (tertiary alicyclic amines) is 1. The van der Waals surface area contributed by atoms with Gasteiger partial charge in [0.2, 0.25) is 11.8 Å². The fourth-order valence-corrected chi connectivity index (χ4v) is 2.50. The first-order chi connectivity index (χ1) is 10.6. The highest BCUT2D eigenvalue weighted by Gasteiger charge is 2.33. The van der Waals surface area contributed by atoms with Gasteiger partial charge in [-0.3, -0.25) is 14.6 Å². The van der Waals surface area contributed by atoms with Gasteiger partial charge in [0.05, 0.1) is 5.92 Å². The predicted molar refractivity (Wildman–Crippen MR) is 84.2 cm³/mol. The first kappa shape index (κ1) is 16.4. The quantitative estimate of drug-likeness (QED) is 0.779. The Labute approximate surface area is 131 Å². The number of carbonyl (C=O) groups is 2. The van der Waals surface area contributed by atoms with Gasteiger partial charge in [-0.25, -0.2) is 0 Å². The van der Waals surface area contributed by atoms with Crippen LogP contribution < -0.4 is 5.32 Å². The van der Waals surface area contributed by atoms with Crippen LogP contribution in [0.3, 0.4) is 0 Å². The SMILES string of the molecule is CN(C)CCN1CC(C(=O)NCCc2cccnc2)CC1=O. The normalized spacial score (nSPS) is 18.0. The van der Waals surface area contributed by atoms with Crippen molar-refractivity contribution in [1.29, 1.82) is 0 Å². The summed E-state index contributed by atoms with van der Waals surface area (Å²) in [6.45, 7) is 2.62. The Morgan fingerprint density at radius 1 is 1.50 bits per heavy atom. The van der Waals surface area contributed by atoms with Gasteiger partial charge < -0.3 is 15.1 Å². The maximum Gasteiger partial charge on any atom is 0.225 e. The van der Waals surface area contributed by atoms with E-state index in [2.05, 4.69) is 10.3 Å². The summed E-state index contributed by atoms with van der Waals surface area (Å²) in [5.41, 5.74) is 1.10. The van der Waals surface area contributed by atoms with Crippen molar-refractivity contribution in [3.05, 3.63) is 30.1 Å². The van der Waals surface area contributed by atoms with Gasteiger partial charge >= 0.3 is 0 Å². The van der Waals surface area contributed by atoms with Gasteiger partial charge in [-0.1, -0.05) is 6.07 Å². The molecule has 1 unspecified atom stereocenters. The molecule has 2 heterocycles. The molecule has 1 saturated heterocycles. The third kappa shape index (κ3) is 4.80. The molecule has 1 aromatic rings. The number of aromatic nitrogens is 1. The van der Waals surface area contributed by atoms with E-state index in [1.54, 1.807) is 17.3 Å². The summed E-state index contributed by atoms with van der Waals surface area (Å²) in [5.74, 6) is -0.164. The number of rotatable bonds is 7. The number of carbonyl (C=O) groups excluding carboxylic acids is 2. The molecule has 6 nitrogen and oxygen atoms in total. The monoisotopic (exact) mass is 304 g/mol. The second-order valence-corrected chi connectivity index (χ2v) is 5.95. The van der Waals surface area contributed by atoms with Crippen molar-refractivity contribution in [2.45, 2.75) is 12.8 Å². The first-order valence-electron chi connectivity index (χ1n) is 7.65. The maximum absolute atomic E-state index is 12.1. The molecule has 0 radical (unpaired) electrons. The van der Waals surface area contributed by atoms with Gasteiger partial charge in [-0.2, -0.15) is 0 Å². The molecule has 1 N–H and O–H groups in total. The number of hydrogen-bond acceptors (Lipinski definition) is 4. The van der Waals surface area contributed by atoms with Crippen molar-refractivity contribution < 1.29 is 9.59 Å². The maximum atomic E-state index is 12.1. The van der Waals surface area contributed by atoms with Crippen molar-refractivity contribution >= 4 is 11.8 Å². The summed E-state index contributed by atoms with van der Waals surface area (Å²) in [6.07, 6.45) is 4.61. The highest BCUT2D eigenvalue weighted by molar-refractivity contribution is 5.89. The van der Waals surface area contributed by atoms with Gasteiger partial charge in [0.1, 0.15) is 0 Å². The summed E-state index contributed by atoms with van der Waals surface area (Å²) in [7, 11) is 3.95. The van der Waals surface area contributed by atoms with Crippen LogP contribution in [0.25, 0.3) is 0 Å². The first-order valence-corrected chi connectivity index (χ1v) is 7.65. The Bertz CT molecular complexity index is 504. The van der Waals surface area contributed by atoms with Crippen LogP contribution in [-0.4, -0.2) is 66.9 Å². The van der Waals surface area contributed by atoms with E-state index in [-0.39, 0.29) is 17.7 Å². The Hall–Kier alpha value is -1.95. The van der Waals surface area contributed by atoms with E-state index in [9.17, 15) is 9.59 Å². The molecule has 2 rings (SSSR count). The number of amides is 2. The average molecular weight is 304 g/mol. The van der Waals surface area contributed by atoms with E-state index < -0.39 is 0 Å². The van der Waals surface area contributed by atoms with Crippen LogP contribution in [0.2, 0.25) is 0 Å². The zero-order valence-corrected chi connectivity index (χ0v) is 13.3. The molecule has 2 amide bonds. The van der Waals surface area contributed by atoms with E-state index in [4.69, 9.17) is 0 Å². The topological polar surface area (TPSA) is 65.5 Å². The standard InChI is InChI=1S/C16H24N4O2/c1-19(2)8-9-20-12-14(10-15(20)21)16(22)18-7-5-13-4-3-6-17-11-13/h3-4,6,11,14H,5,7-10,12H2,1-2H3,(H,18,22). The van der Waals surface area contributed by atoms with Gasteiger partial charge in [0.15, 0.2) is 0 Å². The van der Waals surface area contributed by atoms with Crippen molar-refractivity contribution in [3.8, 4) is 0 Å². The zero-order valence-electron chi connectivity index (χ0n) is 13.3. The largest absolute Gasteiger partial charge is 0.355 e. The van der Waals surface area contributed by atoms with Gasteiger partial charge in [-0.15, -0.1) is 0 Å². The summed E-state index contributed by atoms with van der Waals surface area (Å²) in [5, 5.41) is 2.92. The minimum atomic E-state index is -0.219. The second-order valence-electron chi connectivity index (χ2n) is 5.95. The van der Waals surface area contributed by atoms with Gasteiger partial charge in [0.25, 0.3) is 0 Å². The van der Waals surface area contributed by atoms with E-state index in [0.29, 0.717) is 26.1 Å². The summed E-state index contributed by atoms with van der Waals surface area (Å²) in [6, 6.07) is 3.87. The lowest BCUT2D eigenvalue weighted by Crippen LogP contribution is -2.36. The van der Waals surface area contributed by atoms with E-state index in [1.165, 1.54) is 0 Å². The predicted octanol–water partition coefficient (Wildman–Crippen LogP) is 0.150. The number of pyridine rings is 1. The molecule has 1 aliphatic rings. The molecule has 0 spiro atoms. The van der Waals surface area contributed by atoms with Crippen molar-refractivity contribution in [3.63, 3.8) is 0 Å². The smallest absolute Gasteiger partial charge is 0.225 e. The van der Waals surface area contributed by atoms with Crippen LogP contribution in [-0.2, 0) is 16.0 Å². The van der Waals surface area contributed by atoms with Crippen LogP contribution in [0.4, 0.5) is 0 Å². The summed E-state index contributed by atoms with van der Waals surface area (Å²) >= 11 is 0. The second kappa shape index (κ2) is 7.89. The molecule has 120 valence electrons. The Morgan fingerprint density at radius 3 is 3.00 bits per heavy atom. The number of likely N-dealkylation sites (N-methyl/N-ethyl adjacent to an activating group) is 1. The lowest BCUT2D eigenvalue weighted by molar-refractivity contribution is -0.129. The van der Waals surface area contributed by atoms with E-state index >= 15 is 0 Å². The molecule has 1 atom stereocenters. The Morgan fingerprint density at radius 2 is 2.32 bits per heavy atom. The molecule has 0 aliphatic carbocycles. The summed E-state index contributed by atoms with van der Waals surface area (Å²) in [4.78, 5) is 31.9. The molecule has 1 aromatic heterocycles. The van der Waals surface area contributed by atoms with Crippen LogP contribution in [0.5, 0.6) is 0 Å². The fourth-order valence-electron chi connectivity index (χ4n) is 2.50.